The Kier molecular flexibility index (Phi) is 6.51. The lowest BCUT2D eigenvalue weighted by molar-refractivity contribution is -0.114. The molecule has 132 valence electrons. The quantitative estimate of drug-likeness (QED) is 0.847. The molecule has 0 fully saturated rings. The summed E-state index contributed by atoms with van der Waals surface area (Å²) in [5, 5.41) is 5.67. The number of carbonyl (C=O) groups is 2. The van der Waals surface area contributed by atoms with Crippen molar-refractivity contribution in [2.45, 2.75) is 33.4 Å². The normalized spacial score (nSPS) is 11.5. The van der Waals surface area contributed by atoms with Gasteiger partial charge in [0, 0.05) is 38.1 Å². The molecule has 0 saturated carbocycles. The molecule has 1 aromatic heterocycles. The standard InChI is InChI=1S/C19H24N4O2/c1-4-23(14(2)17-8-6-10-20-13-17)19(25)21-12-16-7-5-9-18(11-16)22-15(3)24/h5-11,13-14H,4,12H2,1-3H3,(H,21,25)(H,22,24)/t14-/m0/s1. The van der Waals surface area contributed by atoms with Crippen LogP contribution < -0.4 is 10.6 Å². The van der Waals surface area contributed by atoms with Gasteiger partial charge < -0.3 is 15.5 Å². The van der Waals surface area contributed by atoms with E-state index in [1.54, 1.807) is 17.3 Å². The van der Waals surface area contributed by atoms with Crippen molar-refractivity contribution in [1.82, 2.24) is 15.2 Å². The van der Waals surface area contributed by atoms with Gasteiger partial charge in [-0.2, -0.15) is 0 Å². The summed E-state index contributed by atoms with van der Waals surface area (Å²) in [4.78, 5) is 29.6. The highest BCUT2D eigenvalue weighted by Crippen LogP contribution is 2.19. The maximum Gasteiger partial charge on any atom is 0.318 e. The van der Waals surface area contributed by atoms with Gasteiger partial charge in [-0.15, -0.1) is 0 Å². The van der Waals surface area contributed by atoms with E-state index in [0.29, 0.717) is 13.1 Å². The van der Waals surface area contributed by atoms with Crippen molar-refractivity contribution >= 4 is 17.6 Å². The van der Waals surface area contributed by atoms with E-state index < -0.39 is 0 Å². The largest absolute Gasteiger partial charge is 0.334 e. The molecule has 0 aliphatic rings. The van der Waals surface area contributed by atoms with Gasteiger partial charge in [-0.3, -0.25) is 9.78 Å². The summed E-state index contributed by atoms with van der Waals surface area (Å²) in [6, 6.07) is 11.1. The van der Waals surface area contributed by atoms with Crippen LogP contribution in [0.25, 0.3) is 0 Å². The fraction of sp³-hybridized carbons (Fsp3) is 0.316. The van der Waals surface area contributed by atoms with E-state index in [0.717, 1.165) is 16.8 Å². The molecule has 0 bridgehead atoms. The van der Waals surface area contributed by atoms with Crippen molar-refractivity contribution < 1.29 is 9.59 Å². The van der Waals surface area contributed by atoms with Crippen molar-refractivity contribution in [2.75, 3.05) is 11.9 Å². The van der Waals surface area contributed by atoms with E-state index in [9.17, 15) is 9.59 Å². The maximum atomic E-state index is 12.5. The molecular formula is C19H24N4O2. The van der Waals surface area contributed by atoms with Gasteiger partial charge in [0.25, 0.3) is 0 Å². The second kappa shape index (κ2) is 8.82. The molecule has 2 aromatic rings. The zero-order valence-corrected chi connectivity index (χ0v) is 14.8. The third kappa shape index (κ3) is 5.31. The molecule has 6 heteroatoms. The Morgan fingerprint density at radius 2 is 2.04 bits per heavy atom. The van der Waals surface area contributed by atoms with E-state index in [4.69, 9.17) is 0 Å². The highest BCUT2D eigenvalue weighted by Gasteiger charge is 2.19. The summed E-state index contributed by atoms with van der Waals surface area (Å²) in [6.45, 7) is 6.38. The molecule has 0 spiro atoms. The van der Waals surface area contributed by atoms with Crippen LogP contribution in [-0.4, -0.2) is 28.4 Å². The van der Waals surface area contributed by atoms with E-state index in [2.05, 4.69) is 15.6 Å². The Balaban J connectivity index is 1.99. The molecule has 0 saturated heterocycles. The van der Waals surface area contributed by atoms with Gasteiger partial charge in [-0.25, -0.2) is 4.79 Å². The van der Waals surface area contributed by atoms with Gasteiger partial charge in [0.2, 0.25) is 5.91 Å². The van der Waals surface area contributed by atoms with Crippen LogP contribution >= 0.6 is 0 Å². The molecule has 0 aliphatic carbocycles. The molecule has 6 nitrogen and oxygen atoms in total. The second-order valence-electron chi connectivity index (χ2n) is 5.79. The van der Waals surface area contributed by atoms with Crippen LogP contribution in [0.2, 0.25) is 0 Å². The molecular weight excluding hydrogens is 316 g/mol. The number of rotatable bonds is 6. The minimum absolute atomic E-state index is 0.0654. The molecule has 2 N–H and O–H groups in total. The number of aromatic nitrogens is 1. The Morgan fingerprint density at radius 1 is 1.24 bits per heavy atom. The van der Waals surface area contributed by atoms with Gasteiger partial charge in [0.1, 0.15) is 0 Å². The summed E-state index contributed by atoms with van der Waals surface area (Å²) in [7, 11) is 0. The number of hydrogen-bond donors (Lipinski definition) is 2. The van der Waals surface area contributed by atoms with Crippen LogP contribution in [0.1, 0.15) is 37.9 Å². The molecule has 0 radical (unpaired) electrons. The first kappa shape index (κ1) is 18.4. The predicted molar refractivity (Wildman–Crippen MR) is 98.0 cm³/mol. The zero-order valence-electron chi connectivity index (χ0n) is 14.8. The van der Waals surface area contributed by atoms with Gasteiger partial charge in [-0.05, 0) is 43.2 Å². The first-order chi connectivity index (χ1) is 12.0. The topological polar surface area (TPSA) is 74.3 Å². The number of carbonyl (C=O) groups excluding carboxylic acids is 2. The fourth-order valence-electron chi connectivity index (χ4n) is 2.64. The van der Waals surface area contributed by atoms with E-state index >= 15 is 0 Å². The van der Waals surface area contributed by atoms with Crippen LogP contribution in [0.15, 0.2) is 48.8 Å². The Labute approximate surface area is 148 Å². The molecule has 1 atom stereocenters. The number of hydrogen-bond acceptors (Lipinski definition) is 3. The minimum atomic E-state index is -0.135. The third-order valence-electron chi connectivity index (χ3n) is 3.93. The van der Waals surface area contributed by atoms with Crippen LogP contribution in [0.3, 0.4) is 0 Å². The lowest BCUT2D eigenvalue weighted by atomic mass is 10.1. The number of anilines is 1. The van der Waals surface area contributed by atoms with Crippen molar-refractivity contribution in [3.05, 3.63) is 59.9 Å². The molecule has 0 unspecified atom stereocenters. The molecule has 2 rings (SSSR count). The van der Waals surface area contributed by atoms with E-state index in [1.807, 2.05) is 50.2 Å². The number of urea groups is 1. The molecule has 0 aliphatic heterocycles. The zero-order chi connectivity index (χ0) is 18.2. The number of nitrogens with one attached hydrogen (secondary N) is 2. The Bertz CT molecular complexity index is 718. The number of amides is 3. The van der Waals surface area contributed by atoms with Crippen molar-refractivity contribution in [1.29, 1.82) is 0 Å². The summed E-state index contributed by atoms with van der Waals surface area (Å²) in [5.41, 5.74) is 2.63. The second-order valence-corrected chi connectivity index (χ2v) is 5.79. The number of nitrogens with zero attached hydrogens (tertiary/aromatic N) is 2. The van der Waals surface area contributed by atoms with Crippen LogP contribution in [-0.2, 0) is 11.3 Å². The minimum Gasteiger partial charge on any atom is -0.334 e. The highest BCUT2D eigenvalue weighted by molar-refractivity contribution is 5.88. The van der Waals surface area contributed by atoms with Crippen LogP contribution in [0.5, 0.6) is 0 Å². The fourth-order valence-corrected chi connectivity index (χ4v) is 2.64. The molecule has 1 heterocycles. The van der Waals surface area contributed by atoms with Crippen LogP contribution in [0.4, 0.5) is 10.5 Å². The Morgan fingerprint density at radius 3 is 2.68 bits per heavy atom. The summed E-state index contributed by atoms with van der Waals surface area (Å²) >= 11 is 0. The van der Waals surface area contributed by atoms with Crippen LogP contribution in [0, 0.1) is 0 Å². The molecule has 3 amide bonds. The first-order valence-electron chi connectivity index (χ1n) is 8.32. The average molecular weight is 340 g/mol. The summed E-state index contributed by atoms with van der Waals surface area (Å²) in [6.07, 6.45) is 3.49. The van der Waals surface area contributed by atoms with Gasteiger partial charge in [0.05, 0.1) is 6.04 Å². The lowest BCUT2D eigenvalue weighted by Gasteiger charge is -2.28. The first-order valence-corrected chi connectivity index (χ1v) is 8.32. The van der Waals surface area contributed by atoms with E-state index in [1.165, 1.54) is 6.92 Å². The van der Waals surface area contributed by atoms with Gasteiger partial charge in [0.15, 0.2) is 0 Å². The third-order valence-corrected chi connectivity index (χ3v) is 3.93. The smallest absolute Gasteiger partial charge is 0.318 e. The molecule has 1 aromatic carbocycles. The Hall–Kier alpha value is -2.89. The van der Waals surface area contributed by atoms with Crippen molar-refractivity contribution in [3.63, 3.8) is 0 Å². The van der Waals surface area contributed by atoms with Gasteiger partial charge >= 0.3 is 6.03 Å². The van der Waals surface area contributed by atoms with Gasteiger partial charge in [-0.1, -0.05) is 18.2 Å². The average Bonchev–Trinajstić information content (AvgIpc) is 2.61. The monoisotopic (exact) mass is 340 g/mol. The van der Waals surface area contributed by atoms with Crippen molar-refractivity contribution in [2.24, 2.45) is 0 Å². The maximum absolute atomic E-state index is 12.5. The SMILES string of the molecule is CCN(C(=O)NCc1cccc(NC(C)=O)c1)[C@@H](C)c1cccnc1. The number of benzene rings is 1. The van der Waals surface area contributed by atoms with Crippen molar-refractivity contribution in [3.8, 4) is 0 Å². The number of pyridine rings is 1. The lowest BCUT2D eigenvalue weighted by Crippen LogP contribution is -2.41. The highest BCUT2D eigenvalue weighted by atomic mass is 16.2. The summed E-state index contributed by atoms with van der Waals surface area (Å²) < 4.78 is 0. The van der Waals surface area contributed by atoms with E-state index in [-0.39, 0.29) is 18.0 Å². The predicted octanol–water partition coefficient (Wildman–Crippen LogP) is 3.33. The summed E-state index contributed by atoms with van der Waals surface area (Å²) in [5.74, 6) is -0.122. The molecule has 25 heavy (non-hydrogen) atoms.